The quantitative estimate of drug-likeness (QED) is 0.477. The van der Waals surface area contributed by atoms with Gasteiger partial charge in [0.2, 0.25) is 5.91 Å². The van der Waals surface area contributed by atoms with E-state index in [1.807, 2.05) is 7.11 Å². The van der Waals surface area contributed by atoms with Gasteiger partial charge in [0.05, 0.1) is 6.10 Å². The lowest BCUT2D eigenvalue weighted by molar-refractivity contribution is -0.186. The van der Waals surface area contributed by atoms with E-state index in [1.165, 1.54) is 44.9 Å². The average molecular weight is 432 g/mol. The lowest BCUT2D eigenvalue weighted by atomic mass is 9.45. The molecule has 31 heavy (non-hydrogen) atoms. The molecule has 0 spiro atoms. The van der Waals surface area contributed by atoms with Crippen molar-refractivity contribution in [3.63, 3.8) is 0 Å². The molecule has 1 heterocycles. The van der Waals surface area contributed by atoms with Gasteiger partial charge in [0.25, 0.3) is 0 Å². The van der Waals surface area contributed by atoms with Crippen LogP contribution in [0.2, 0.25) is 0 Å². The highest BCUT2D eigenvalue weighted by atomic mass is 16.5. The molecule has 1 saturated heterocycles. The number of carbonyl (C=O) groups excluding carboxylic acids is 1. The normalized spacial score (nSPS) is 45.9. The summed E-state index contributed by atoms with van der Waals surface area (Å²) in [5.74, 6) is 5.08. The molecule has 0 aromatic carbocycles. The zero-order chi connectivity index (χ0) is 22.6. The predicted octanol–water partition coefficient (Wildman–Crippen LogP) is 6.55. The number of methoxy groups -OCH3 is 1. The Bertz CT molecular complexity index is 661. The van der Waals surface area contributed by atoms with Crippen molar-refractivity contribution in [2.45, 2.75) is 111 Å². The van der Waals surface area contributed by atoms with E-state index in [1.54, 1.807) is 0 Å². The maximum atomic E-state index is 12.5. The fourth-order valence-corrected chi connectivity index (χ4v) is 9.33. The number of nitrogens with zero attached hydrogens (tertiary/aromatic N) is 1. The first-order valence-electron chi connectivity index (χ1n) is 13.4. The molecule has 3 nitrogen and oxygen atoms in total. The van der Waals surface area contributed by atoms with Crippen LogP contribution in [0.4, 0.5) is 0 Å². The SMILES string of the molecule is COC1CC2N(C)C(=O)CC[C@]2(C)C2CCC3(C)C(C(C)CCCC(C)C)CCC3C12. The third kappa shape index (κ3) is 3.79. The van der Waals surface area contributed by atoms with Gasteiger partial charge in [-0.2, -0.15) is 0 Å². The molecule has 3 aliphatic carbocycles. The van der Waals surface area contributed by atoms with Crippen LogP contribution in [0.15, 0.2) is 0 Å². The lowest BCUT2D eigenvalue weighted by Gasteiger charge is -2.63. The van der Waals surface area contributed by atoms with Crippen LogP contribution in [-0.2, 0) is 9.53 Å². The van der Waals surface area contributed by atoms with E-state index in [0.717, 1.165) is 42.9 Å². The van der Waals surface area contributed by atoms with Gasteiger partial charge < -0.3 is 9.64 Å². The molecule has 3 saturated carbocycles. The summed E-state index contributed by atoms with van der Waals surface area (Å²) in [5.41, 5.74) is 0.749. The molecular weight excluding hydrogens is 382 g/mol. The molecule has 9 atom stereocenters. The van der Waals surface area contributed by atoms with Crippen molar-refractivity contribution in [1.82, 2.24) is 4.90 Å². The van der Waals surface area contributed by atoms with Crippen molar-refractivity contribution in [2.75, 3.05) is 14.2 Å². The fourth-order valence-electron chi connectivity index (χ4n) is 9.33. The first-order chi connectivity index (χ1) is 14.6. The Balaban J connectivity index is 1.56. The van der Waals surface area contributed by atoms with Crippen LogP contribution in [-0.4, -0.2) is 37.1 Å². The van der Waals surface area contributed by atoms with E-state index in [2.05, 4.69) is 46.6 Å². The Morgan fingerprint density at radius 2 is 1.74 bits per heavy atom. The average Bonchev–Trinajstić information content (AvgIpc) is 3.08. The van der Waals surface area contributed by atoms with Gasteiger partial charge >= 0.3 is 0 Å². The van der Waals surface area contributed by atoms with Crippen molar-refractivity contribution < 1.29 is 9.53 Å². The molecule has 4 aliphatic rings. The van der Waals surface area contributed by atoms with E-state index >= 15 is 0 Å². The molecular formula is C28H49NO2. The Labute approximate surface area is 192 Å². The molecule has 0 N–H and O–H groups in total. The minimum absolute atomic E-state index is 0.269. The maximum absolute atomic E-state index is 12.5. The van der Waals surface area contributed by atoms with Gasteiger partial charge in [-0.15, -0.1) is 0 Å². The van der Waals surface area contributed by atoms with E-state index in [9.17, 15) is 4.79 Å². The van der Waals surface area contributed by atoms with Gasteiger partial charge in [0.15, 0.2) is 0 Å². The molecule has 0 aromatic heterocycles. The van der Waals surface area contributed by atoms with Crippen LogP contribution in [0.5, 0.6) is 0 Å². The second-order valence-corrected chi connectivity index (χ2v) is 12.9. The molecule has 4 rings (SSSR count). The number of rotatable bonds is 6. The molecule has 178 valence electrons. The molecule has 1 aliphatic heterocycles. The van der Waals surface area contributed by atoms with E-state index < -0.39 is 0 Å². The number of piperidine rings is 1. The standard InChI is InChI=1S/C28H49NO2/c1-18(2)9-8-10-19(3)20-11-12-21-26-22(13-15-27(20,21)4)28(5)16-14-25(30)29(6)24(28)17-23(26)31-7/h18-24,26H,8-17H2,1-7H3/t19?,20?,21?,22?,23?,24?,26?,27?,28-/m1/s1. The Morgan fingerprint density at radius 3 is 2.42 bits per heavy atom. The van der Waals surface area contributed by atoms with Gasteiger partial charge in [-0.05, 0) is 84.9 Å². The zero-order valence-corrected chi connectivity index (χ0v) is 21.5. The van der Waals surface area contributed by atoms with Crippen molar-refractivity contribution in [3.8, 4) is 0 Å². The van der Waals surface area contributed by atoms with Crippen LogP contribution < -0.4 is 0 Å². The molecule has 1 amide bonds. The van der Waals surface area contributed by atoms with Gasteiger partial charge in [0, 0.05) is 26.6 Å². The fraction of sp³-hybridized carbons (Fsp3) is 0.964. The van der Waals surface area contributed by atoms with Crippen LogP contribution in [0.3, 0.4) is 0 Å². The molecule has 0 radical (unpaired) electrons. The van der Waals surface area contributed by atoms with Crippen molar-refractivity contribution >= 4 is 5.91 Å². The molecule has 0 bridgehead atoms. The Kier molecular flexibility index (Phi) is 6.58. The van der Waals surface area contributed by atoms with E-state index in [4.69, 9.17) is 4.74 Å². The van der Waals surface area contributed by atoms with Gasteiger partial charge in [0.1, 0.15) is 0 Å². The largest absolute Gasteiger partial charge is 0.381 e. The summed E-state index contributed by atoms with van der Waals surface area (Å²) in [6.07, 6.45) is 12.9. The number of hydrogen-bond donors (Lipinski definition) is 0. The minimum atomic E-state index is 0.269. The summed E-state index contributed by atoms with van der Waals surface area (Å²) in [6, 6.07) is 0.358. The summed E-state index contributed by atoms with van der Waals surface area (Å²) in [4.78, 5) is 14.6. The summed E-state index contributed by atoms with van der Waals surface area (Å²) in [7, 11) is 3.98. The number of amides is 1. The third-order valence-electron chi connectivity index (χ3n) is 11.1. The monoisotopic (exact) mass is 431 g/mol. The predicted molar refractivity (Wildman–Crippen MR) is 128 cm³/mol. The highest BCUT2D eigenvalue weighted by Crippen LogP contribution is 2.67. The number of likely N-dealkylation sites (tertiary alicyclic amines) is 1. The van der Waals surface area contributed by atoms with Crippen molar-refractivity contribution in [2.24, 2.45) is 46.3 Å². The van der Waals surface area contributed by atoms with Crippen LogP contribution in [0.1, 0.15) is 98.8 Å². The second kappa shape index (κ2) is 8.65. The van der Waals surface area contributed by atoms with Crippen molar-refractivity contribution in [1.29, 1.82) is 0 Å². The van der Waals surface area contributed by atoms with E-state index in [0.29, 0.717) is 35.3 Å². The lowest BCUT2D eigenvalue weighted by Crippen LogP contribution is -2.65. The van der Waals surface area contributed by atoms with Gasteiger partial charge in [-0.3, -0.25) is 4.79 Å². The highest BCUT2D eigenvalue weighted by molar-refractivity contribution is 5.77. The van der Waals surface area contributed by atoms with Crippen molar-refractivity contribution in [3.05, 3.63) is 0 Å². The first-order valence-corrected chi connectivity index (χ1v) is 13.4. The molecule has 8 unspecified atom stereocenters. The minimum Gasteiger partial charge on any atom is -0.381 e. The number of ether oxygens (including phenoxy) is 1. The molecule has 3 heteroatoms. The summed E-state index contributed by atoms with van der Waals surface area (Å²) >= 11 is 0. The number of carbonyl (C=O) groups is 1. The van der Waals surface area contributed by atoms with E-state index in [-0.39, 0.29) is 5.41 Å². The van der Waals surface area contributed by atoms with Crippen LogP contribution in [0.25, 0.3) is 0 Å². The molecule has 4 fully saturated rings. The van der Waals surface area contributed by atoms with Gasteiger partial charge in [-0.25, -0.2) is 0 Å². The van der Waals surface area contributed by atoms with Crippen LogP contribution >= 0.6 is 0 Å². The molecule has 0 aromatic rings. The summed E-state index contributed by atoms with van der Waals surface area (Å²) < 4.78 is 6.24. The zero-order valence-electron chi connectivity index (χ0n) is 21.5. The third-order valence-corrected chi connectivity index (χ3v) is 11.1. The highest BCUT2D eigenvalue weighted by Gasteiger charge is 2.64. The topological polar surface area (TPSA) is 29.5 Å². The second-order valence-electron chi connectivity index (χ2n) is 12.9. The van der Waals surface area contributed by atoms with Gasteiger partial charge in [-0.1, -0.05) is 53.9 Å². The summed E-state index contributed by atoms with van der Waals surface area (Å²) in [6.45, 7) is 12.4. The summed E-state index contributed by atoms with van der Waals surface area (Å²) in [5, 5.41) is 0. The first kappa shape index (κ1) is 23.6. The van der Waals surface area contributed by atoms with Crippen LogP contribution in [0, 0.1) is 46.3 Å². The number of fused-ring (bicyclic) bond motifs is 5. The Morgan fingerprint density at radius 1 is 1.03 bits per heavy atom. The smallest absolute Gasteiger partial charge is 0.222 e. The number of hydrogen-bond acceptors (Lipinski definition) is 2. The maximum Gasteiger partial charge on any atom is 0.222 e. The Hall–Kier alpha value is -0.570.